The molecule has 0 saturated carbocycles. The van der Waals surface area contributed by atoms with Gasteiger partial charge in [0.2, 0.25) is 0 Å². The lowest BCUT2D eigenvalue weighted by Gasteiger charge is -2.16. The molecule has 90 valence electrons. The molecule has 0 spiro atoms. The molecule has 2 N–H and O–H groups in total. The topological polar surface area (TPSA) is 49.8 Å². The van der Waals surface area contributed by atoms with Crippen molar-refractivity contribution in [1.29, 1.82) is 0 Å². The van der Waals surface area contributed by atoms with Crippen molar-refractivity contribution in [2.45, 2.75) is 46.6 Å². The summed E-state index contributed by atoms with van der Waals surface area (Å²) in [5.74, 6) is 3.04. The first kappa shape index (κ1) is 12.7. The zero-order valence-corrected chi connectivity index (χ0v) is 11.0. The maximum atomic E-state index is 4.56. The van der Waals surface area contributed by atoms with Crippen LogP contribution in [0.15, 0.2) is 0 Å². The molecular formula is C12H22N4. The van der Waals surface area contributed by atoms with Crippen molar-refractivity contribution < 1.29 is 0 Å². The summed E-state index contributed by atoms with van der Waals surface area (Å²) >= 11 is 0. The van der Waals surface area contributed by atoms with Gasteiger partial charge in [-0.15, -0.1) is 0 Å². The molecular weight excluding hydrogens is 200 g/mol. The Morgan fingerprint density at radius 1 is 1.00 bits per heavy atom. The lowest BCUT2D eigenvalue weighted by Crippen LogP contribution is -2.15. The highest BCUT2D eigenvalue weighted by atomic mass is 15.1. The van der Waals surface area contributed by atoms with E-state index < -0.39 is 0 Å². The van der Waals surface area contributed by atoms with Gasteiger partial charge < -0.3 is 10.6 Å². The maximum absolute atomic E-state index is 4.56. The minimum absolute atomic E-state index is 0.334. The van der Waals surface area contributed by atoms with Gasteiger partial charge in [-0.1, -0.05) is 13.8 Å². The Labute approximate surface area is 97.9 Å². The quantitative estimate of drug-likeness (QED) is 0.822. The molecule has 4 heteroatoms. The van der Waals surface area contributed by atoms with Gasteiger partial charge in [0.15, 0.2) is 0 Å². The van der Waals surface area contributed by atoms with Gasteiger partial charge in [0, 0.05) is 24.6 Å². The molecule has 0 aliphatic heterocycles. The fraction of sp³-hybridized carbons (Fsp3) is 0.667. The van der Waals surface area contributed by atoms with Crippen molar-refractivity contribution >= 4 is 11.6 Å². The molecule has 0 atom stereocenters. The molecule has 1 rings (SSSR count). The van der Waals surface area contributed by atoms with Gasteiger partial charge in [-0.05, 0) is 20.8 Å². The summed E-state index contributed by atoms with van der Waals surface area (Å²) in [5, 5.41) is 6.46. The van der Waals surface area contributed by atoms with E-state index in [0.717, 1.165) is 23.0 Å². The van der Waals surface area contributed by atoms with Gasteiger partial charge in [0.1, 0.15) is 17.5 Å². The van der Waals surface area contributed by atoms with Gasteiger partial charge in [-0.25, -0.2) is 9.97 Å². The summed E-state index contributed by atoms with van der Waals surface area (Å²) in [7, 11) is 1.89. The van der Waals surface area contributed by atoms with Crippen molar-refractivity contribution in [2.75, 3.05) is 17.7 Å². The molecule has 0 amide bonds. The van der Waals surface area contributed by atoms with Crippen LogP contribution < -0.4 is 10.6 Å². The highest BCUT2D eigenvalue weighted by Gasteiger charge is 2.12. The van der Waals surface area contributed by atoms with E-state index in [0.29, 0.717) is 12.0 Å². The van der Waals surface area contributed by atoms with E-state index in [1.54, 1.807) is 0 Å². The SMILES string of the molecule is CNc1nc(C(C)C)nc(NC(C)C)c1C. The van der Waals surface area contributed by atoms with Crippen LogP contribution in [0.25, 0.3) is 0 Å². The average molecular weight is 222 g/mol. The molecule has 0 fully saturated rings. The number of rotatable bonds is 4. The van der Waals surface area contributed by atoms with Crippen LogP contribution in [0.5, 0.6) is 0 Å². The first-order valence-corrected chi connectivity index (χ1v) is 5.78. The second kappa shape index (κ2) is 5.14. The van der Waals surface area contributed by atoms with E-state index in [-0.39, 0.29) is 0 Å². The molecule has 0 unspecified atom stereocenters. The van der Waals surface area contributed by atoms with Crippen LogP contribution in [-0.2, 0) is 0 Å². The van der Waals surface area contributed by atoms with E-state index in [4.69, 9.17) is 0 Å². The Balaban J connectivity index is 3.19. The van der Waals surface area contributed by atoms with E-state index in [1.165, 1.54) is 0 Å². The fourth-order valence-electron chi connectivity index (χ4n) is 1.45. The standard InChI is InChI=1S/C12H22N4/c1-7(2)10-15-11(13-6)9(5)12(16-10)14-8(3)4/h7-8H,1-6H3,(H2,13,14,15,16). The zero-order valence-electron chi connectivity index (χ0n) is 11.0. The smallest absolute Gasteiger partial charge is 0.135 e. The molecule has 16 heavy (non-hydrogen) atoms. The van der Waals surface area contributed by atoms with Crippen molar-refractivity contribution in [3.05, 3.63) is 11.4 Å². The third kappa shape index (κ3) is 2.84. The molecule has 4 nitrogen and oxygen atoms in total. The lowest BCUT2D eigenvalue weighted by atomic mass is 10.2. The normalized spacial score (nSPS) is 11.0. The zero-order chi connectivity index (χ0) is 12.3. The molecule has 0 radical (unpaired) electrons. The molecule has 0 aliphatic rings. The Kier molecular flexibility index (Phi) is 4.10. The van der Waals surface area contributed by atoms with Crippen molar-refractivity contribution in [3.8, 4) is 0 Å². The van der Waals surface area contributed by atoms with Gasteiger partial charge in [-0.3, -0.25) is 0 Å². The first-order valence-electron chi connectivity index (χ1n) is 5.78. The van der Waals surface area contributed by atoms with Crippen molar-refractivity contribution in [1.82, 2.24) is 9.97 Å². The van der Waals surface area contributed by atoms with Crippen LogP contribution in [0.3, 0.4) is 0 Å². The molecule has 1 heterocycles. The van der Waals surface area contributed by atoms with Gasteiger partial charge in [0.05, 0.1) is 0 Å². The van der Waals surface area contributed by atoms with Gasteiger partial charge in [-0.2, -0.15) is 0 Å². The highest BCUT2D eigenvalue weighted by molar-refractivity contribution is 5.57. The largest absolute Gasteiger partial charge is 0.373 e. The van der Waals surface area contributed by atoms with E-state index in [1.807, 2.05) is 14.0 Å². The number of hydrogen-bond acceptors (Lipinski definition) is 4. The third-order valence-electron chi connectivity index (χ3n) is 2.34. The first-order chi connectivity index (χ1) is 7.45. The number of hydrogen-bond donors (Lipinski definition) is 2. The summed E-state index contributed by atoms with van der Waals surface area (Å²) in [6, 6.07) is 0.373. The van der Waals surface area contributed by atoms with Crippen LogP contribution in [0.1, 0.15) is 45.0 Å². The molecule has 0 saturated heterocycles. The van der Waals surface area contributed by atoms with Crippen molar-refractivity contribution in [2.24, 2.45) is 0 Å². The molecule has 1 aromatic rings. The second-order valence-corrected chi connectivity index (χ2v) is 4.61. The maximum Gasteiger partial charge on any atom is 0.135 e. The Morgan fingerprint density at radius 2 is 1.56 bits per heavy atom. The summed E-state index contributed by atoms with van der Waals surface area (Å²) in [5.41, 5.74) is 1.07. The molecule has 0 aliphatic carbocycles. The molecule has 0 aromatic carbocycles. The van der Waals surface area contributed by atoms with Crippen LogP contribution in [-0.4, -0.2) is 23.1 Å². The second-order valence-electron chi connectivity index (χ2n) is 4.61. The highest BCUT2D eigenvalue weighted by Crippen LogP contribution is 2.23. The lowest BCUT2D eigenvalue weighted by molar-refractivity contribution is 0.768. The van der Waals surface area contributed by atoms with Crippen LogP contribution in [0.4, 0.5) is 11.6 Å². The van der Waals surface area contributed by atoms with Crippen LogP contribution >= 0.6 is 0 Å². The summed E-state index contributed by atoms with van der Waals surface area (Å²) in [4.78, 5) is 9.05. The Hall–Kier alpha value is -1.32. The van der Waals surface area contributed by atoms with E-state index in [9.17, 15) is 0 Å². The van der Waals surface area contributed by atoms with Crippen LogP contribution in [0, 0.1) is 6.92 Å². The number of aromatic nitrogens is 2. The summed E-state index contributed by atoms with van der Waals surface area (Å²) in [6.45, 7) is 10.4. The number of nitrogens with zero attached hydrogens (tertiary/aromatic N) is 2. The Bertz CT molecular complexity index is 358. The summed E-state index contributed by atoms with van der Waals surface area (Å²) in [6.07, 6.45) is 0. The minimum atomic E-state index is 0.334. The number of nitrogens with one attached hydrogen (secondary N) is 2. The monoisotopic (exact) mass is 222 g/mol. The third-order valence-corrected chi connectivity index (χ3v) is 2.34. The van der Waals surface area contributed by atoms with Crippen molar-refractivity contribution in [3.63, 3.8) is 0 Å². The van der Waals surface area contributed by atoms with E-state index in [2.05, 4.69) is 48.3 Å². The average Bonchev–Trinajstić information content (AvgIpc) is 2.20. The van der Waals surface area contributed by atoms with Gasteiger partial charge >= 0.3 is 0 Å². The van der Waals surface area contributed by atoms with Gasteiger partial charge in [0.25, 0.3) is 0 Å². The molecule has 0 bridgehead atoms. The number of anilines is 2. The Morgan fingerprint density at radius 3 is 2.00 bits per heavy atom. The van der Waals surface area contributed by atoms with Crippen LogP contribution in [0.2, 0.25) is 0 Å². The predicted octanol–water partition coefficient (Wildman–Crippen LogP) is 2.77. The van der Waals surface area contributed by atoms with E-state index >= 15 is 0 Å². The predicted molar refractivity (Wildman–Crippen MR) is 69.2 cm³/mol. The summed E-state index contributed by atoms with van der Waals surface area (Å²) < 4.78 is 0. The molecule has 1 aromatic heterocycles. The minimum Gasteiger partial charge on any atom is -0.373 e. The fourth-order valence-corrected chi connectivity index (χ4v) is 1.45.